The lowest BCUT2D eigenvalue weighted by Crippen LogP contribution is -2.11. The third-order valence-electron chi connectivity index (χ3n) is 2.73. The summed E-state index contributed by atoms with van der Waals surface area (Å²) in [6, 6.07) is 0.323. The SMILES string of the molecule is CC(C)Oc1nc(Cl)nc(SC2CCCCC2)n1. The lowest BCUT2D eigenvalue weighted by molar-refractivity contribution is 0.219. The molecule has 4 nitrogen and oxygen atoms in total. The summed E-state index contributed by atoms with van der Waals surface area (Å²) < 4.78 is 5.46. The first-order chi connectivity index (χ1) is 8.63. The molecule has 1 aromatic rings. The van der Waals surface area contributed by atoms with Crippen LogP contribution in [-0.4, -0.2) is 26.3 Å². The van der Waals surface area contributed by atoms with Crippen molar-refractivity contribution < 1.29 is 4.74 Å². The Kier molecular flexibility index (Phi) is 5.06. The van der Waals surface area contributed by atoms with Gasteiger partial charge in [0.25, 0.3) is 0 Å². The average molecular weight is 288 g/mol. The molecule has 0 saturated heterocycles. The van der Waals surface area contributed by atoms with Gasteiger partial charge in [0.05, 0.1) is 6.10 Å². The minimum Gasteiger partial charge on any atom is -0.461 e. The minimum atomic E-state index is 0.0380. The lowest BCUT2D eigenvalue weighted by Gasteiger charge is -2.20. The van der Waals surface area contributed by atoms with Crippen LogP contribution in [0.1, 0.15) is 46.0 Å². The van der Waals surface area contributed by atoms with Crippen molar-refractivity contribution in [1.29, 1.82) is 0 Å². The number of nitrogens with zero attached hydrogens (tertiary/aromatic N) is 3. The molecule has 0 aliphatic heterocycles. The van der Waals surface area contributed by atoms with Gasteiger partial charge in [-0.2, -0.15) is 15.0 Å². The molecule has 1 fully saturated rings. The molecule has 100 valence electrons. The van der Waals surface area contributed by atoms with Crippen molar-refractivity contribution in [3.8, 4) is 6.01 Å². The van der Waals surface area contributed by atoms with E-state index in [-0.39, 0.29) is 11.4 Å². The fraction of sp³-hybridized carbons (Fsp3) is 0.750. The Morgan fingerprint density at radius 2 is 1.89 bits per heavy atom. The minimum absolute atomic E-state index is 0.0380. The molecule has 1 aromatic heterocycles. The fourth-order valence-electron chi connectivity index (χ4n) is 1.96. The van der Waals surface area contributed by atoms with Crippen molar-refractivity contribution >= 4 is 23.4 Å². The molecular weight excluding hydrogens is 270 g/mol. The number of hydrogen-bond acceptors (Lipinski definition) is 5. The molecule has 0 spiro atoms. The van der Waals surface area contributed by atoms with E-state index in [4.69, 9.17) is 16.3 Å². The Morgan fingerprint density at radius 3 is 2.56 bits per heavy atom. The predicted molar refractivity (Wildman–Crippen MR) is 73.3 cm³/mol. The van der Waals surface area contributed by atoms with Gasteiger partial charge in [0.2, 0.25) is 5.28 Å². The van der Waals surface area contributed by atoms with Gasteiger partial charge >= 0.3 is 6.01 Å². The first kappa shape index (κ1) is 13.9. The largest absolute Gasteiger partial charge is 0.461 e. The number of hydrogen-bond donors (Lipinski definition) is 0. The number of thioether (sulfide) groups is 1. The maximum atomic E-state index is 5.90. The van der Waals surface area contributed by atoms with Gasteiger partial charge in [-0.05, 0) is 38.3 Å². The van der Waals surface area contributed by atoms with Gasteiger partial charge in [-0.1, -0.05) is 31.0 Å². The molecular formula is C12H18ClN3OS. The molecule has 0 atom stereocenters. The Balaban J connectivity index is 2.04. The monoisotopic (exact) mass is 287 g/mol. The molecule has 0 bridgehead atoms. The van der Waals surface area contributed by atoms with Crippen LogP contribution in [-0.2, 0) is 0 Å². The number of ether oxygens (including phenoxy) is 1. The second-order valence-corrected chi connectivity index (χ2v) is 6.32. The highest BCUT2D eigenvalue weighted by atomic mass is 35.5. The topological polar surface area (TPSA) is 47.9 Å². The van der Waals surface area contributed by atoms with E-state index >= 15 is 0 Å². The number of halogens is 1. The van der Waals surface area contributed by atoms with Gasteiger partial charge in [-0.3, -0.25) is 0 Å². The molecule has 0 unspecified atom stereocenters. The highest BCUT2D eigenvalue weighted by molar-refractivity contribution is 7.99. The summed E-state index contributed by atoms with van der Waals surface area (Å²) in [7, 11) is 0. The molecule has 0 radical (unpaired) electrons. The molecule has 1 heterocycles. The van der Waals surface area contributed by atoms with Crippen LogP contribution in [0.5, 0.6) is 6.01 Å². The van der Waals surface area contributed by atoms with Gasteiger partial charge in [0, 0.05) is 5.25 Å². The Bertz CT molecular complexity index is 397. The maximum absolute atomic E-state index is 5.90. The van der Waals surface area contributed by atoms with E-state index in [0.29, 0.717) is 16.4 Å². The maximum Gasteiger partial charge on any atom is 0.321 e. The Morgan fingerprint density at radius 1 is 1.17 bits per heavy atom. The van der Waals surface area contributed by atoms with Crippen molar-refractivity contribution in [1.82, 2.24) is 15.0 Å². The normalized spacial score (nSPS) is 17.1. The third-order valence-corrected chi connectivity index (χ3v) is 4.10. The van der Waals surface area contributed by atoms with Crippen LogP contribution in [0.25, 0.3) is 0 Å². The highest BCUT2D eigenvalue weighted by Gasteiger charge is 2.17. The van der Waals surface area contributed by atoms with Gasteiger partial charge in [0.1, 0.15) is 0 Å². The average Bonchev–Trinajstić information content (AvgIpc) is 2.28. The zero-order valence-corrected chi connectivity index (χ0v) is 12.3. The zero-order valence-electron chi connectivity index (χ0n) is 10.7. The Labute approximate surface area is 117 Å². The van der Waals surface area contributed by atoms with E-state index in [0.717, 1.165) is 0 Å². The van der Waals surface area contributed by atoms with Gasteiger partial charge in [0.15, 0.2) is 5.16 Å². The zero-order chi connectivity index (χ0) is 13.0. The van der Waals surface area contributed by atoms with Crippen LogP contribution in [0.4, 0.5) is 0 Å². The smallest absolute Gasteiger partial charge is 0.321 e. The quantitative estimate of drug-likeness (QED) is 0.844. The van der Waals surface area contributed by atoms with Crippen molar-refractivity contribution in [3.63, 3.8) is 0 Å². The third kappa shape index (κ3) is 4.28. The highest BCUT2D eigenvalue weighted by Crippen LogP contribution is 2.32. The lowest BCUT2D eigenvalue weighted by atomic mass is 10.0. The number of rotatable bonds is 4. The molecule has 6 heteroatoms. The van der Waals surface area contributed by atoms with E-state index in [9.17, 15) is 0 Å². The van der Waals surface area contributed by atoms with Crippen LogP contribution >= 0.6 is 23.4 Å². The van der Waals surface area contributed by atoms with E-state index < -0.39 is 0 Å². The van der Waals surface area contributed by atoms with E-state index in [2.05, 4.69) is 15.0 Å². The second kappa shape index (κ2) is 6.57. The molecule has 1 saturated carbocycles. The van der Waals surface area contributed by atoms with Gasteiger partial charge in [-0.15, -0.1) is 0 Å². The molecule has 0 amide bonds. The van der Waals surface area contributed by atoms with Crippen molar-refractivity contribution in [2.75, 3.05) is 0 Å². The Hall–Kier alpha value is -0.550. The number of aromatic nitrogens is 3. The van der Waals surface area contributed by atoms with E-state index in [1.54, 1.807) is 11.8 Å². The molecule has 0 N–H and O–H groups in total. The summed E-state index contributed by atoms with van der Waals surface area (Å²) >= 11 is 7.59. The molecule has 1 aliphatic carbocycles. The molecule has 0 aromatic carbocycles. The standard InChI is InChI=1S/C12H18ClN3OS/c1-8(2)17-11-14-10(13)15-12(16-11)18-9-6-4-3-5-7-9/h8-9H,3-7H2,1-2H3. The first-order valence-corrected chi connectivity index (χ1v) is 7.64. The summed E-state index contributed by atoms with van der Waals surface area (Å²) in [4.78, 5) is 12.4. The van der Waals surface area contributed by atoms with Crippen LogP contribution in [0.2, 0.25) is 5.28 Å². The summed E-state index contributed by atoms with van der Waals surface area (Å²) in [5.74, 6) is 0. The molecule has 2 rings (SSSR count). The summed E-state index contributed by atoms with van der Waals surface area (Å²) in [5, 5.41) is 1.49. The van der Waals surface area contributed by atoms with Gasteiger partial charge < -0.3 is 4.74 Å². The second-order valence-electron chi connectivity index (χ2n) is 4.71. The summed E-state index contributed by atoms with van der Waals surface area (Å²) in [6.07, 6.45) is 6.44. The van der Waals surface area contributed by atoms with E-state index in [1.807, 2.05) is 13.8 Å². The van der Waals surface area contributed by atoms with Crippen LogP contribution in [0.15, 0.2) is 5.16 Å². The van der Waals surface area contributed by atoms with E-state index in [1.165, 1.54) is 32.1 Å². The van der Waals surface area contributed by atoms with Crippen LogP contribution < -0.4 is 4.74 Å². The summed E-state index contributed by atoms with van der Waals surface area (Å²) in [6.45, 7) is 3.87. The summed E-state index contributed by atoms with van der Waals surface area (Å²) in [5.41, 5.74) is 0. The predicted octanol–water partition coefficient (Wildman–Crippen LogP) is 3.74. The first-order valence-electron chi connectivity index (χ1n) is 6.38. The molecule has 18 heavy (non-hydrogen) atoms. The van der Waals surface area contributed by atoms with Crippen molar-refractivity contribution in [3.05, 3.63) is 5.28 Å². The molecule has 1 aliphatic rings. The van der Waals surface area contributed by atoms with Gasteiger partial charge in [-0.25, -0.2) is 0 Å². The fourth-order valence-corrected chi connectivity index (χ4v) is 3.30. The van der Waals surface area contributed by atoms with Crippen LogP contribution in [0, 0.1) is 0 Å². The van der Waals surface area contributed by atoms with Crippen molar-refractivity contribution in [2.45, 2.75) is 62.5 Å². The van der Waals surface area contributed by atoms with Crippen LogP contribution in [0.3, 0.4) is 0 Å². The van der Waals surface area contributed by atoms with Crippen molar-refractivity contribution in [2.24, 2.45) is 0 Å².